The van der Waals surface area contributed by atoms with Gasteiger partial charge in [0.25, 0.3) is 0 Å². The summed E-state index contributed by atoms with van der Waals surface area (Å²) in [6.07, 6.45) is 1.67. The first-order chi connectivity index (χ1) is 7.61. The molecule has 0 bridgehead atoms. The molecule has 2 atom stereocenters. The van der Waals surface area contributed by atoms with Crippen molar-refractivity contribution in [3.63, 3.8) is 0 Å². The third-order valence-electron chi connectivity index (χ3n) is 1.85. The molecule has 2 unspecified atom stereocenters. The summed E-state index contributed by atoms with van der Waals surface area (Å²) in [4.78, 5) is 0. The lowest BCUT2D eigenvalue weighted by Crippen LogP contribution is -2.22. The van der Waals surface area contributed by atoms with Gasteiger partial charge in [0, 0.05) is 28.9 Å². The maximum absolute atomic E-state index is 11.0. The van der Waals surface area contributed by atoms with Crippen LogP contribution in [-0.2, 0) is 17.3 Å². The summed E-state index contributed by atoms with van der Waals surface area (Å²) >= 11 is 0. The molecule has 0 aliphatic heterocycles. The number of nitrogens with one attached hydrogen (secondary N) is 2. The first kappa shape index (κ1) is 13.1. The Balaban J connectivity index is 2.42. The SMILES string of the molecule is CCNCc1nnc(NC(C)CS(C)=O)o1. The van der Waals surface area contributed by atoms with Gasteiger partial charge in [0.05, 0.1) is 6.54 Å². The summed E-state index contributed by atoms with van der Waals surface area (Å²) in [6, 6.07) is 0.434. The third-order valence-corrected chi connectivity index (χ3v) is 2.82. The average molecular weight is 246 g/mol. The van der Waals surface area contributed by atoms with Crippen molar-refractivity contribution in [2.24, 2.45) is 0 Å². The minimum absolute atomic E-state index is 0.0540. The molecule has 0 radical (unpaired) electrons. The molecule has 2 N–H and O–H groups in total. The molecule has 1 rings (SSSR count). The standard InChI is InChI=1S/C9H18N4O2S/c1-4-10-5-8-12-13-9(15-8)11-7(2)6-16(3)14/h7,10H,4-6H2,1-3H3,(H,11,13). The van der Waals surface area contributed by atoms with Crippen molar-refractivity contribution in [1.29, 1.82) is 0 Å². The molecule has 6 nitrogen and oxygen atoms in total. The molecule has 1 aromatic rings. The van der Waals surface area contributed by atoms with Crippen LogP contribution in [0.1, 0.15) is 19.7 Å². The van der Waals surface area contributed by atoms with E-state index < -0.39 is 10.8 Å². The van der Waals surface area contributed by atoms with Crippen molar-refractivity contribution in [3.05, 3.63) is 5.89 Å². The van der Waals surface area contributed by atoms with Crippen LogP contribution in [0.2, 0.25) is 0 Å². The Morgan fingerprint density at radius 1 is 1.50 bits per heavy atom. The molecule has 0 fully saturated rings. The zero-order valence-corrected chi connectivity index (χ0v) is 10.6. The van der Waals surface area contributed by atoms with Gasteiger partial charge >= 0.3 is 6.01 Å². The Bertz CT molecular complexity index is 342. The van der Waals surface area contributed by atoms with Crippen molar-refractivity contribution in [2.75, 3.05) is 23.9 Å². The fraction of sp³-hybridized carbons (Fsp3) is 0.778. The highest BCUT2D eigenvalue weighted by Crippen LogP contribution is 2.07. The highest BCUT2D eigenvalue weighted by atomic mass is 32.2. The van der Waals surface area contributed by atoms with Gasteiger partial charge in [0.2, 0.25) is 5.89 Å². The summed E-state index contributed by atoms with van der Waals surface area (Å²) in [5.41, 5.74) is 0. The number of anilines is 1. The summed E-state index contributed by atoms with van der Waals surface area (Å²) in [7, 11) is -0.832. The molecule has 7 heteroatoms. The maximum Gasteiger partial charge on any atom is 0.315 e. The number of hydrogen-bond acceptors (Lipinski definition) is 6. The van der Waals surface area contributed by atoms with Crippen LogP contribution in [0.4, 0.5) is 6.01 Å². The van der Waals surface area contributed by atoms with E-state index in [1.165, 1.54) is 0 Å². The van der Waals surface area contributed by atoms with Gasteiger partial charge < -0.3 is 15.1 Å². The van der Waals surface area contributed by atoms with E-state index in [9.17, 15) is 4.21 Å². The Morgan fingerprint density at radius 2 is 2.25 bits per heavy atom. The number of aromatic nitrogens is 2. The molecule has 0 amide bonds. The smallest absolute Gasteiger partial charge is 0.315 e. The van der Waals surface area contributed by atoms with Crippen LogP contribution in [0.25, 0.3) is 0 Å². The molecule has 0 saturated heterocycles. The van der Waals surface area contributed by atoms with Crippen LogP contribution >= 0.6 is 0 Å². The molecule has 0 aliphatic carbocycles. The summed E-state index contributed by atoms with van der Waals surface area (Å²) < 4.78 is 16.3. The predicted octanol–water partition coefficient (Wildman–Crippen LogP) is 0.358. The Kier molecular flexibility index (Phi) is 5.41. The lowest BCUT2D eigenvalue weighted by atomic mass is 10.4. The highest BCUT2D eigenvalue weighted by molar-refractivity contribution is 7.84. The monoisotopic (exact) mass is 246 g/mol. The maximum atomic E-state index is 11.0. The van der Waals surface area contributed by atoms with E-state index in [0.29, 0.717) is 24.2 Å². The zero-order valence-electron chi connectivity index (χ0n) is 9.82. The zero-order chi connectivity index (χ0) is 12.0. The fourth-order valence-electron chi connectivity index (χ4n) is 1.22. The highest BCUT2D eigenvalue weighted by Gasteiger charge is 2.09. The second kappa shape index (κ2) is 6.59. The van der Waals surface area contributed by atoms with Gasteiger partial charge in [0.15, 0.2) is 0 Å². The average Bonchev–Trinajstić information content (AvgIpc) is 2.61. The summed E-state index contributed by atoms with van der Waals surface area (Å²) in [5, 5.41) is 13.8. The quantitative estimate of drug-likeness (QED) is 0.723. The molecule has 0 aliphatic rings. The van der Waals surface area contributed by atoms with Gasteiger partial charge in [-0.2, -0.15) is 0 Å². The van der Waals surface area contributed by atoms with Crippen LogP contribution in [0.3, 0.4) is 0 Å². The lowest BCUT2D eigenvalue weighted by molar-refractivity contribution is 0.479. The van der Waals surface area contributed by atoms with Crippen LogP contribution in [-0.4, -0.2) is 39.0 Å². The lowest BCUT2D eigenvalue weighted by Gasteiger charge is -2.08. The van der Waals surface area contributed by atoms with E-state index in [2.05, 4.69) is 20.8 Å². The van der Waals surface area contributed by atoms with E-state index in [-0.39, 0.29) is 6.04 Å². The summed E-state index contributed by atoms with van der Waals surface area (Å²) in [5.74, 6) is 1.11. The van der Waals surface area contributed by atoms with Crippen molar-refractivity contribution in [1.82, 2.24) is 15.5 Å². The first-order valence-electron chi connectivity index (χ1n) is 5.21. The molecule has 16 heavy (non-hydrogen) atoms. The first-order valence-corrected chi connectivity index (χ1v) is 6.94. The Hall–Kier alpha value is -0.950. The molecular formula is C9H18N4O2S. The van der Waals surface area contributed by atoms with Gasteiger partial charge in [0.1, 0.15) is 0 Å². The van der Waals surface area contributed by atoms with Crippen molar-refractivity contribution in [3.8, 4) is 0 Å². The van der Waals surface area contributed by atoms with Gasteiger partial charge in [-0.25, -0.2) is 0 Å². The van der Waals surface area contributed by atoms with Crippen LogP contribution in [0.5, 0.6) is 0 Å². The summed E-state index contributed by atoms with van der Waals surface area (Å²) in [6.45, 7) is 5.36. The Morgan fingerprint density at radius 3 is 2.88 bits per heavy atom. The van der Waals surface area contributed by atoms with Crippen molar-refractivity contribution >= 4 is 16.8 Å². The van der Waals surface area contributed by atoms with Crippen LogP contribution < -0.4 is 10.6 Å². The van der Waals surface area contributed by atoms with Crippen LogP contribution in [0.15, 0.2) is 4.42 Å². The minimum atomic E-state index is -0.832. The van der Waals surface area contributed by atoms with E-state index in [4.69, 9.17) is 4.42 Å². The normalized spacial score (nSPS) is 14.7. The molecule has 92 valence electrons. The molecule has 0 saturated carbocycles. The van der Waals surface area contributed by atoms with E-state index in [0.717, 1.165) is 6.54 Å². The van der Waals surface area contributed by atoms with E-state index in [1.54, 1.807) is 6.26 Å². The molecule has 0 spiro atoms. The molecule has 0 aromatic carbocycles. The molecule has 1 aromatic heterocycles. The van der Waals surface area contributed by atoms with Gasteiger partial charge in [-0.1, -0.05) is 12.0 Å². The number of nitrogens with zero attached hydrogens (tertiary/aromatic N) is 2. The van der Waals surface area contributed by atoms with Gasteiger partial charge in [-0.15, -0.1) is 5.10 Å². The van der Waals surface area contributed by atoms with Gasteiger partial charge in [-0.05, 0) is 13.5 Å². The van der Waals surface area contributed by atoms with Crippen molar-refractivity contribution < 1.29 is 8.63 Å². The second-order valence-corrected chi connectivity index (χ2v) is 5.05. The van der Waals surface area contributed by atoms with Crippen molar-refractivity contribution in [2.45, 2.75) is 26.4 Å². The number of rotatable bonds is 7. The minimum Gasteiger partial charge on any atom is -0.407 e. The van der Waals surface area contributed by atoms with Crippen LogP contribution in [0, 0.1) is 0 Å². The Labute approximate surface area is 97.7 Å². The topological polar surface area (TPSA) is 80.0 Å². The largest absolute Gasteiger partial charge is 0.407 e. The predicted molar refractivity (Wildman–Crippen MR) is 63.7 cm³/mol. The fourth-order valence-corrected chi connectivity index (χ4v) is 2.01. The third kappa shape index (κ3) is 4.71. The molecule has 1 heterocycles. The molecular weight excluding hydrogens is 228 g/mol. The van der Waals surface area contributed by atoms with E-state index >= 15 is 0 Å². The second-order valence-electron chi connectivity index (χ2n) is 3.57. The van der Waals surface area contributed by atoms with E-state index in [1.807, 2.05) is 13.8 Å². The number of hydrogen-bond donors (Lipinski definition) is 2. The van der Waals surface area contributed by atoms with Gasteiger partial charge in [-0.3, -0.25) is 4.21 Å².